The van der Waals surface area contributed by atoms with Gasteiger partial charge >= 0.3 is 0 Å². The van der Waals surface area contributed by atoms with Crippen LogP contribution in [-0.4, -0.2) is 39.7 Å². The molecule has 0 saturated carbocycles. The highest BCUT2D eigenvalue weighted by Crippen LogP contribution is 2.35. The van der Waals surface area contributed by atoms with Crippen molar-refractivity contribution in [3.63, 3.8) is 0 Å². The van der Waals surface area contributed by atoms with Crippen molar-refractivity contribution in [3.8, 4) is 11.5 Å². The lowest BCUT2D eigenvalue weighted by Crippen LogP contribution is -2.22. The van der Waals surface area contributed by atoms with Crippen molar-refractivity contribution in [1.82, 2.24) is 0 Å². The molecule has 1 aromatic carbocycles. The van der Waals surface area contributed by atoms with E-state index >= 15 is 0 Å². The molecule has 7 heteroatoms. The second kappa shape index (κ2) is 7.87. The zero-order valence-electron chi connectivity index (χ0n) is 12.6. The first-order valence-corrected chi connectivity index (χ1v) is 8.82. The largest absolute Gasteiger partial charge is 0.493 e. The summed E-state index contributed by atoms with van der Waals surface area (Å²) in [4.78, 5) is 0. The van der Waals surface area contributed by atoms with Gasteiger partial charge in [-0.2, -0.15) is 0 Å². The maximum absolute atomic E-state index is 11.8. The van der Waals surface area contributed by atoms with Gasteiger partial charge in [-0.3, -0.25) is 0 Å². The first-order valence-electron chi connectivity index (χ1n) is 6.72. The van der Waals surface area contributed by atoms with Crippen LogP contribution in [0.5, 0.6) is 11.5 Å². The van der Waals surface area contributed by atoms with Crippen LogP contribution in [0.15, 0.2) is 12.1 Å². The Morgan fingerprint density at radius 1 is 1.33 bits per heavy atom. The molecule has 0 fully saturated rings. The minimum atomic E-state index is -3.14. The summed E-state index contributed by atoms with van der Waals surface area (Å²) in [5.41, 5.74) is 6.38. The van der Waals surface area contributed by atoms with Crippen LogP contribution in [0.4, 0.5) is 0 Å². The van der Waals surface area contributed by atoms with E-state index in [0.717, 1.165) is 5.56 Å². The highest BCUT2D eigenvalue weighted by Gasteiger charge is 2.18. The van der Waals surface area contributed by atoms with Crippen LogP contribution in [0.1, 0.15) is 19.4 Å². The molecule has 5 nitrogen and oxygen atoms in total. The minimum Gasteiger partial charge on any atom is -0.493 e. The molecule has 0 heterocycles. The van der Waals surface area contributed by atoms with Crippen molar-refractivity contribution >= 4 is 21.4 Å². The van der Waals surface area contributed by atoms with Crippen molar-refractivity contribution in [1.29, 1.82) is 0 Å². The van der Waals surface area contributed by atoms with Crippen LogP contribution in [0, 0.1) is 0 Å². The number of sulfone groups is 1. The fraction of sp³-hybridized carbons (Fsp3) is 0.571. The third-order valence-corrected chi connectivity index (χ3v) is 5.45. The summed E-state index contributed by atoms with van der Waals surface area (Å²) in [6.45, 7) is 3.80. The third-order valence-electron chi connectivity index (χ3n) is 3.06. The van der Waals surface area contributed by atoms with Crippen LogP contribution in [-0.2, 0) is 16.3 Å². The smallest absolute Gasteiger partial charge is 0.164 e. The van der Waals surface area contributed by atoms with Crippen LogP contribution < -0.4 is 15.2 Å². The minimum absolute atomic E-state index is 0.0431. The van der Waals surface area contributed by atoms with Crippen molar-refractivity contribution in [2.24, 2.45) is 5.73 Å². The Kier molecular flexibility index (Phi) is 6.77. The van der Waals surface area contributed by atoms with Gasteiger partial charge in [-0.05, 0) is 32.9 Å². The van der Waals surface area contributed by atoms with Crippen LogP contribution >= 0.6 is 11.6 Å². The summed E-state index contributed by atoms with van der Waals surface area (Å²) in [7, 11) is -1.63. The topological polar surface area (TPSA) is 78.6 Å². The second-order valence-corrected chi connectivity index (χ2v) is 8.01. The fourth-order valence-corrected chi connectivity index (χ4v) is 2.79. The lowest BCUT2D eigenvalue weighted by atomic mass is 10.1. The maximum Gasteiger partial charge on any atom is 0.164 e. The number of hydrogen-bond donors (Lipinski definition) is 1. The Morgan fingerprint density at radius 2 is 2.00 bits per heavy atom. The predicted molar refractivity (Wildman–Crippen MR) is 85.2 cm³/mol. The number of hydrogen-bond acceptors (Lipinski definition) is 5. The van der Waals surface area contributed by atoms with Crippen LogP contribution in [0.25, 0.3) is 0 Å². The van der Waals surface area contributed by atoms with Gasteiger partial charge in [0.2, 0.25) is 0 Å². The molecule has 0 aliphatic carbocycles. The van der Waals surface area contributed by atoms with Gasteiger partial charge in [0.1, 0.15) is 6.61 Å². The van der Waals surface area contributed by atoms with Gasteiger partial charge in [-0.25, -0.2) is 8.42 Å². The number of methoxy groups -OCH3 is 1. The monoisotopic (exact) mass is 335 g/mol. The Bertz CT molecular complexity index is 573. The van der Waals surface area contributed by atoms with Gasteiger partial charge in [0.25, 0.3) is 0 Å². The molecule has 1 aromatic rings. The average Bonchev–Trinajstić information content (AvgIpc) is 2.40. The van der Waals surface area contributed by atoms with E-state index in [1.807, 2.05) is 0 Å². The number of ether oxygens (including phenoxy) is 2. The summed E-state index contributed by atoms with van der Waals surface area (Å²) in [6.07, 6.45) is 0.573. The fourth-order valence-electron chi connectivity index (χ4n) is 1.77. The molecule has 0 atom stereocenters. The maximum atomic E-state index is 11.8. The van der Waals surface area contributed by atoms with Gasteiger partial charge in [0, 0.05) is 16.7 Å². The summed E-state index contributed by atoms with van der Waals surface area (Å²) < 4.78 is 34.5. The molecule has 0 bridgehead atoms. The van der Waals surface area contributed by atoms with E-state index in [2.05, 4.69) is 0 Å². The summed E-state index contributed by atoms with van der Waals surface area (Å²) in [5, 5.41) is 0.106. The zero-order valence-corrected chi connectivity index (χ0v) is 14.1. The van der Waals surface area contributed by atoms with Gasteiger partial charge in [-0.15, -0.1) is 0 Å². The summed E-state index contributed by atoms with van der Waals surface area (Å²) in [6, 6.07) is 3.39. The Labute approximate surface area is 131 Å². The molecule has 2 N–H and O–H groups in total. The summed E-state index contributed by atoms with van der Waals surface area (Å²) in [5.74, 6) is 0.942. The second-order valence-electron chi connectivity index (χ2n) is 4.90. The molecule has 0 saturated heterocycles. The van der Waals surface area contributed by atoms with E-state index < -0.39 is 15.1 Å². The molecule has 21 heavy (non-hydrogen) atoms. The van der Waals surface area contributed by atoms with Gasteiger partial charge in [0.05, 0.1) is 18.1 Å². The highest BCUT2D eigenvalue weighted by atomic mass is 35.5. The lowest BCUT2D eigenvalue weighted by Gasteiger charge is -2.16. The summed E-state index contributed by atoms with van der Waals surface area (Å²) >= 11 is 6.01. The van der Waals surface area contributed by atoms with Crippen LogP contribution in [0.3, 0.4) is 0 Å². The molecule has 1 rings (SSSR count). The van der Waals surface area contributed by atoms with Crippen molar-refractivity contribution in [2.45, 2.75) is 25.5 Å². The van der Waals surface area contributed by atoms with E-state index in [9.17, 15) is 8.42 Å². The average molecular weight is 336 g/mol. The molecular weight excluding hydrogens is 314 g/mol. The number of rotatable bonds is 8. The number of halogens is 1. The molecule has 0 spiro atoms. The quantitative estimate of drug-likeness (QED) is 0.786. The van der Waals surface area contributed by atoms with Crippen molar-refractivity contribution < 1.29 is 17.9 Å². The normalized spacial score (nSPS) is 11.7. The van der Waals surface area contributed by atoms with E-state index in [1.54, 1.807) is 26.0 Å². The molecular formula is C14H22ClNO4S. The number of benzene rings is 1. The predicted octanol–water partition coefficient (Wildman–Crippen LogP) is 2.05. The molecule has 0 aromatic heterocycles. The Hall–Kier alpha value is -0.980. The van der Waals surface area contributed by atoms with Gasteiger partial charge in [-0.1, -0.05) is 11.6 Å². The van der Waals surface area contributed by atoms with Gasteiger partial charge in [0.15, 0.2) is 21.3 Å². The first kappa shape index (κ1) is 18.1. The molecule has 0 unspecified atom stereocenters. The van der Waals surface area contributed by atoms with Crippen LogP contribution in [0.2, 0.25) is 5.02 Å². The molecule has 0 aliphatic rings. The van der Waals surface area contributed by atoms with E-state index in [0.29, 0.717) is 29.5 Å². The zero-order chi connectivity index (χ0) is 16.0. The lowest BCUT2D eigenvalue weighted by molar-refractivity contribution is 0.308. The molecule has 120 valence electrons. The van der Waals surface area contributed by atoms with E-state index in [1.165, 1.54) is 7.11 Å². The van der Waals surface area contributed by atoms with Crippen molar-refractivity contribution in [3.05, 3.63) is 22.7 Å². The molecule has 0 amide bonds. The van der Waals surface area contributed by atoms with Gasteiger partial charge < -0.3 is 15.2 Å². The Morgan fingerprint density at radius 3 is 2.52 bits per heavy atom. The van der Waals surface area contributed by atoms with Crippen molar-refractivity contribution in [2.75, 3.05) is 26.0 Å². The first-order chi connectivity index (χ1) is 9.81. The highest BCUT2D eigenvalue weighted by molar-refractivity contribution is 7.91. The SMILES string of the molecule is COc1cc(Cl)cc(CCN)c1OCCS(=O)(=O)C(C)C. The molecule has 0 radical (unpaired) electrons. The van der Waals surface area contributed by atoms with E-state index in [-0.39, 0.29) is 12.4 Å². The number of nitrogens with two attached hydrogens (primary N) is 1. The van der Waals surface area contributed by atoms with E-state index in [4.69, 9.17) is 26.8 Å². The third kappa shape index (κ3) is 5.05. The standard InChI is InChI=1S/C14H22ClNO4S/c1-10(2)21(17,18)7-6-20-14-11(4-5-16)8-12(15)9-13(14)19-3/h8-10H,4-7,16H2,1-3H3. The molecule has 0 aliphatic heterocycles. The Balaban J connectivity index is 2.91.